The quantitative estimate of drug-likeness (QED) is 0.0501. The van der Waals surface area contributed by atoms with E-state index in [0.29, 0.717) is 24.7 Å². The third-order valence-electron chi connectivity index (χ3n) is 8.75. The van der Waals surface area contributed by atoms with E-state index in [-0.39, 0.29) is 53.1 Å². The maximum atomic E-state index is 15.6. The number of ether oxygens (including phenoxy) is 8. The number of halogens is 2. The number of benzene rings is 4. The van der Waals surface area contributed by atoms with Crippen molar-refractivity contribution in [3.05, 3.63) is 127 Å². The van der Waals surface area contributed by atoms with Crippen LogP contribution in [0.5, 0.6) is 11.5 Å². The van der Waals surface area contributed by atoms with Gasteiger partial charge >= 0.3 is 0 Å². The maximum absolute atomic E-state index is 15.6. The topological polar surface area (TPSA) is 114 Å². The molecule has 0 bridgehead atoms. The molecule has 0 unspecified atom stereocenters. The van der Waals surface area contributed by atoms with Crippen LogP contribution in [0.1, 0.15) is 11.1 Å². The van der Waals surface area contributed by atoms with Crippen LogP contribution in [0, 0.1) is 7.14 Å². The fourth-order valence-electron chi connectivity index (χ4n) is 6.09. The van der Waals surface area contributed by atoms with Gasteiger partial charge in [0.25, 0.3) is 10.2 Å². The highest BCUT2D eigenvalue weighted by Gasteiger charge is 2.53. The van der Waals surface area contributed by atoms with E-state index < -0.39 is 34.5 Å². The van der Waals surface area contributed by atoms with E-state index >= 15 is 8.42 Å². The van der Waals surface area contributed by atoms with Gasteiger partial charge in [0.1, 0.15) is 50.5 Å². The van der Waals surface area contributed by atoms with Crippen LogP contribution in [-0.2, 0) is 51.7 Å². The second-order valence-electron chi connectivity index (χ2n) is 12.5. The van der Waals surface area contributed by atoms with Gasteiger partial charge in [0.2, 0.25) is 0 Å². The highest BCUT2D eigenvalue weighted by Crippen LogP contribution is 2.34. The van der Waals surface area contributed by atoms with Gasteiger partial charge in [-0.1, -0.05) is 60.7 Å². The molecule has 0 aromatic heterocycles. The van der Waals surface area contributed by atoms with Crippen molar-refractivity contribution in [1.29, 1.82) is 0 Å². The van der Waals surface area contributed by atoms with E-state index in [1.165, 1.54) is 8.61 Å². The lowest BCUT2D eigenvalue weighted by molar-refractivity contribution is -0.196. The molecule has 0 amide bonds. The Kier molecular flexibility index (Phi) is 18.3. The van der Waals surface area contributed by atoms with Crippen molar-refractivity contribution < 1.29 is 46.3 Å². The third kappa shape index (κ3) is 13.3. The van der Waals surface area contributed by atoms with Gasteiger partial charge in [-0.15, -0.1) is 0 Å². The molecule has 1 heterocycles. The van der Waals surface area contributed by atoms with Crippen LogP contribution >= 0.6 is 45.2 Å². The molecule has 1 saturated heterocycles. The molecule has 298 valence electrons. The molecule has 15 heteroatoms. The molecule has 4 atom stereocenters. The molecule has 4 aromatic carbocycles. The fraction of sp³-hybridized carbons (Fsp3) is 0.400. The molecule has 1 aliphatic heterocycles. The summed E-state index contributed by atoms with van der Waals surface area (Å²) >= 11 is 4.47. The molecular weight excluding hydrogens is 954 g/mol. The summed E-state index contributed by atoms with van der Waals surface area (Å²) in [5, 5.41) is 0. The summed E-state index contributed by atoms with van der Waals surface area (Å²) in [5.41, 5.74) is 1.59. The summed E-state index contributed by atoms with van der Waals surface area (Å²) < 4.78 is 84.3. The molecule has 0 saturated carbocycles. The van der Waals surface area contributed by atoms with Gasteiger partial charge in [0, 0.05) is 34.4 Å². The Balaban J connectivity index is 1.67. The number of nitrogens with zero attached hydrogens (tertiary/aromatic N) is 2. The van der Waals surface area contributed by atoms with Crippen LogP contribution < -0.4 is 9.47 Å². The normalized spacial score (nSPS) is 20.2. The summed E-state index contributed by atoms with van der Waals surface area (Å²) in [6.07, 6.45) is -1.89. The zero-order chi connectivity index (χ0) is 38.9. The van der Waals surface area contributed by atoms with Crippen molar-refractivity contribution in [3.8, 4) is 11.5 Å². The predicted octanol–water partition coefficient (Wildman–Crippen LogP) is 6.37. The summed E-state index contributed by atoms with van der Waals surface area (Å²) in [5.74, 6) is 1.15. The second-order valence-corrected chi connectivity index (χ2v) is 16.9. The van der Waals surface area contributed by atoms with E-state index in [4.69, 9.17) is 37.9 Å². The molecule has 55 heavy (non-hydrogen) atoms. The SMILES string of the molecule is COCCOCO[C@@H]1[C@@H](OCOCCOC)[C@@H](COc2ccccc2)N(Cc2cccc(I)c2)S(=O)(=O)N(Cc2cccc(I)c2)[C@@H]1COc1ccccc1. The summed E-state index contributed by atoms with van der Waals surface area (Å²) in [6.45, 7) is 0.831. The molecule has 1 aliphatic rings. The lowest BCUT2D eigenvalue weighted by atomic mass is 9.98. The standard InChI is InChI=1S/C40H48I2N2O10S/c1-47-19-21-49-29-53-39-37(27-51-35-15-5-3-6-16-35)43(25-31-11-9-13-33(41)23-31)55(45,46)44(26-32-12-10-14-34(42)24-32)38(28-52-36-17-7-4-8-18-36)40(39)54-30-50-22-20-48-2/h3-18,23-24,37-40H,19-22,25-30H2,1-2H3/t37-,38-,39+,40+/m1/s1. The minimum absolute atomic E-state index is 0.0263. The first-order chi connectivity index (χ1) is 26.8. The van der Waals surface area contributed by atoms with E-state index in [1.54, 1.807) is 14.2 Å². The molecule has 0 aliphatic carbocycles. The monoisotopic (exact) mass is 1000 g/mol. The highest BCUT2D eigenvalue weighted by atomic mass is 127. The lowest BCUT2D eigenvalue weighted by Gasteiger charge is -2.36. The van der Waals surface area contributed by atoms with Crippen LogP contribution in [0.15, 0.2) is 109 Å². The minimum atomic E-state index is -4.35. The minimum Gasteiger partial charge on any atom is -0.492 e. The molecule has 5 rings (SSSR count). The molecular formula is C40H48I2N2O10S. The Morgan fingerprint density at radius 1 is 0.564 bits per heavy atom. The van der Waals surface area contributed by atoms with Crippen molar-refractivity contribution in [2.75, 3.05) is 67.4 Å². The van der Waals surface area contributed by atoms with Crippen LogP contribution in [-0.4, -0.2) is 109 Å². The van der Waals surface area contributed by atoms with Gasteiger partial charge in [-0.05, 0) is 105 Å². The van der Waals surface area contributed by atoms with Crippen molar-refractivity contribution in [2.45, 2.75) is 37.4 Å². The Hall–Kier alpha value is -2.43. The van der Waals surface area contributed by atoms with Gasteiger partial charge in [-0.2, -0.15) is 17.0 Å². The maximum Gasteiger partial charge on any atom is 0.283 e. The number of hydrogen-bond donors (Lipinski definition) is 0. The third-order valence-corrected chi connectivity index (χ3v) is 12.1. The second kappa shape index (κ2) is 23.1. The van der Waals surface area contributed by atoms with Crippen LogP contribution in [0.3, 0.4) is 0 Å². The van der Waals surface area contributed by atoms with Gasteiger partial charge in [-0.25, -0.2) is 0 Å². The van der Waals surface area contributed by atoms with Crippen LogP contribution in [0.25, 0.3) is 0 Å². The molecule has 0 spiro atoms. The Labute approximate surface area is 351 Å². The smallest absolute Gasteiger partial charge is 0.283 e. The Morgan fingerprint density at radius 3 is 1.36 bits per heavy atom. The number of methoxy groups -OCH3 is 2. The molecule has 0 radical (unpaired) electrons. The van der Waals surface area contributed by atoms with E-state index in [9.17, 15) is 0 Å². The molecule has 1 fully saturated rings. The van der Waals surface area contributed by atoms with Crippen molar-refractivity contribution in [1.82, 2.24) is 8.61 Å². The van der Waals surface area contributed by atoms with E-state index in [2.05, 4.69) is 45.2 Å². The lowest BCUT2D eigenvalue weighted by Crippen LogP contribution is -2.55. The first-order valence-corrected chi connectivity index (χ1v) is 21.4. The summed E-state index contributed by atoms with van der Waals surface area (Å²) in [4.78, 5) is 0. The summed E-state index contributed by atoms with van der Waals surface area (Å²) in [7, 11) is -1.17. The number of para-hydroxylation sites is 2. The Bertz CT molecular complexity index is 1690. The van der Waals surface area contributed by atoms with Crippen LogP contribution in [0.2, 0.25) is 0 Å². The van der Waals surface area contributed by atoms with Gasteiger partial charge < -0.3 is 37.9 Å². The number of rotatable bonds is 22. The average molecular weight is 1000 g/mol. The Morgan fingerprint density at radius 2 is 0.982 bits per heavy atom. The van der Waals surface area contributed by atoms with Crippen LogP contribution in [0.4, 0.5) is 0 Å². The van der Waals surface area contributed by atoms with Gasteiger partial charge in [0.15, 0.2) is 0 Å². The van der Waals surface area contributed by atoms with Gasteiger partial charge in [0.05, 0.1) is 38.5 Å². The van der Waals surface area contributed by atoms with Crippen molar-refractivity contribution in [3.63, 3.8) is 0 Å². The number of hydrogen-bond acceptors (Lipinski definition) is 10. The van der Waals surface area contributed by atoms with Gasteiger partial charge in [-0.3, -0.25) is 0 Å². The summed E-state index contributed by atoms with van der Waals surface area (Å²) in [6, 6.07) is 32.3. The van der Waals surface area contributed by atoms with Crippen molar-refractivity contribution in [2.24, 2.45) is 0 Å². The average Bonchev–Trinajstić information content (AvgIpc) is 3.24. The van der Waals surface area contributed by atoms with E-state index in [1.807, 2.05) is 109 Å². The predicted molar refractivity (Wildman–Crippen MR) is 225 cm³/mol. The molecule has 4 aromatic rings. The highest BCUT2D eigenvalue weighted by molar-refractivity contribution is 14.1. The first-order valence-electron chi connectivity index (χ1n) is 17.8. The zero-order valence-corrected chi connectivity index (χ0v) is 36.0. The fourth-order valence-corrected chi connectivity index (χ4v) is 9.25. The largest absolute Gasteiger partial charge is 0.492 e. The van der Waals surface area contributed by atoms with E-state index in [0.717, 1.165) is 18.3 Å². The molecule has 12 nitrogen and oxygen atoms in total. The zero-order valence-electron chi connectivity index (χ0n) is 30.9. The molecule has 0 N–H and O–H groups in total. The first kappa shape index (κ1) is 43.7. The van der Waals surface area contributed by atoms with Crippen molar-refractivity contribution >= 4 is 55.4 Å².